The minimum absolute atomic E-state index is 0.193. The fraction of sp³-hybridized carbons (Fsp3) is 0.412. The lowest BCUT2D eigenvalue weighted by molar-refractivity contribution is 0.290. The van der Waals surface area contributed by atoms with E-state index in [2.05, 4.69) is 42.8 Å². The van der Waals surface area contributed by atoms with Crippen molar-refractivity contribution in [2.24, 2.45) is 0 Å². The Kier molecular flexibility index (Phi) is 13.9. The Hall–Kier alpha value is -1.70. The normalized spacial score (nSPS) is 10.6. The van der Waals surface area contributed by atoms with Crippen LogP contribution in [0.2, 0.25) is 0 Å². The molecule has 96 valence electrons. The molecule has 18 heavy (non-hydrogen) atoms. The fourth-order valence-electron chi connectivity index (χ4n) is 1.08. The van der Waals surface area contributed by atoms with Gasteiger partial charge in [-0.25, -0.2) is 0 Å². The van der Waals surface area contributed by atoms with E-state index < -0.39 is 0 Å². The monoisotopic (exact) mass is 242 g/mol. The summed E-state index contributed by atoms with van der Waals surface area (Å²) in [4.78, 5) is 0. The molecule has 0 fully saturated rings. The average Bonchev–Trinajstić information content (AvgIpc) is 2.39. The highest BCUT2D eigenvalue weighted by atomic mass is 16.2. The van der Waals surface area contributed by atoms with Gasteiger partial charge in [-0.3, -0.25) is 0 Å². The molecule has 0 aromatic rings. The maximum Gasteiger partial charge on any atom is 0.0440 e. The Morgan fingerprint density at radius 3 is 2.61 bits per heavy atom. The van der Waals surface area contributed by atoms with Crippen LogP contribution in [0.1, 0.15) is 39.0 Å². The molecule has 0 spiro atoms. The second kappa shape index (κ2) is 15.3. The van der Waals surface area contributed by atoms with Gasteiger partial charge in [-0.05, 0) is 30.8 Å². The number of rotatable bonds is 7. The molecule has 0 bridgehead atoms. The third kappa shape index (κ3) is 14.3. The summed E-state index contributed by atoms with van der Waals surface area (Å²) in [7, 11) is 0. The Balaban J connectivity index is 3.69. The van der Waals surface area contributed by atoms with Gasteiger partial charge in [0.15, 0.2) is 0 Å². The minimum atomic E-state index is 0.193. The number of hydrogen-bond acceptors (Lipinski definition) is 1. The van der Waals surface area contributed by atoms with Gasteiger partial charge in [0.1, 0.15) is 0 Å². The number of unbranched alkanes of at least 4 members (excludes halogenated alkanes) is 3. The molecular formula is C17H22O. The van der Waals surface area contributed by atoms with Crippen molar-refractivity contribution in [2.75, 3.05) is 6.61 Å². The summed E-state index contributed by atoms with van der Waals surface area (Å²) < 4.78 is 0. The molecule has 1 N–H and O–H groups in total. The topological polar surface area (TPSA) is 20.2 Å². The van der Waals surface area contributed by atoms with E-state index in [0.717, 1.165) is 12.8 Å². The van der Waals surface area contributed by atoms with Crippen LogP contribution in [0.15, 0.2) is 36.5 Å². The largest absolute Gasteiger partial charge is 0.396 e. The van der Waals surface area contributed by atoms with Crippen molar-refractivity contribution in [3.63, 3.8) is 0 Å². The highest BCUT2D eigenvalue weighted by molar-refractivity contribution is 5.31. The molecule has 0 aromatic heterocycles. The molecule has 0 unspecified atom stereocenters. The highest BCUT2D eigenvalue weighted by Gasteiger charge is 1.75. The van der Waals surface area contributed by atoms with Gasteiger partial charge in [0.2, 0.25) is 0 Å². The maximum atomic E-state index is 8.53. The molecule has 1 nitrogen and oxygen atoms in total. The van der Waals surface area contributed by atoms with Crippen molar-refractivity contribution in [1.29, 1.82) is 0 Å². The molecule has 0 aromatic carbocycles. The van der Waals surface area contributed by atoms with Crippen molar-refractivity contribution in [3.8, 4) is 23.7 Å². The smallest absolute Gasteiger partial charge is 0.0440 e. The number of hydrogen-bond donors (Lipinski definition) is 1. The van der Waals surface area contributed by atoms with Crippen molar-refractivity contribution < 1.29 is 5.11 Å². The average molecular weight is 242 g/mol. The first kappa shape index (κ1) is 16.3. The predicted octanol–water partition coefficient (Wildman–Crippen LogP) is 3.62. The molecule has 0 rings (SSSR count). The van der Waals surface area contributed by atoms with E-state index in [1.807, 2.05) is 18.2 Å². The number of allylic oxidation sites excluding steroid dienone is 6. The molecule has 0 aliphatic rings. The molecule has 0 aliphatic carbocycles. The second-order valence-corrected chi connectivity index (χ2v) is 3.71. The van der Waals surface area contributed by atoms with Crippen LogP contribution in [0.5, 0.6) is 0 Å². The molecular weight excluding hydrogens is 220 g/mol. The summed E-state index contributed by atoms with van der Waals surface area (Å²) in [5, 5.41) is 8.53. The van der Waals surface area contributed by atoms with Crippen molar-refractivity contribution in [2.45, 2.75) is 39.0 Å². The molecule has 0 radical (unpaired) electrons. The first-order valence-electron chi connectivity index (χ1n) is 6.49. The van der Waals surface area contributed by atoms with Crippen LogP contribution in [0, 0.1) is 23.7 Å². The van der Waals surface area contributed by atoms with Gasteiger partial charge in [0.05, 0.1) is 0 Å². The summed E-state index contributed by atoms with van der Waals surface area (Å²) in [5.41, 5.74) is 0. The number of aliphatic hydroxyl groups is 1. The van der Waals surface area contributed by atoms with E-state index in [1.165, 1.54) is 12.8 Å². The number of aliphatic hydroxyl groups excluding tert-OH is 1. The van der Waals surface area contributed by atoms with E-state index in [4.69, 9.17) is 5.11 Å². The molecule has 1 heteroatoms. The van der Waals surface area contributed by atoms with Gasteiger partial charge in [0.25, 0.3) is 0 Å². The fourth-order valence-corrected chi connectivity index (χ4v) is 1.08. The SMILES string of the molecule is CCCCC=CC=CC=CC#CC#CCCCO. The lowest BCUT2D eigenvalue weighted by atomic mass is 10.2. The Morgan fingerprint density at radius 1 is 1.00 bits per heavy atom. The third-order valence-corrected chi connectivity index (χ3v) is 2.06. The molecule has 0 atom stereocenters. The van der Waals surface area contributed by atoms with E-state index in [1.54, 1.807) is 6.08 Å². The van der Waals surface area contributed by atoms with E-state index in [9.17, 15) is 0 Å². The van der Waals surface area contributed by atoms with Crippen LogP contribution in [0.3, 0.4) is 0 Å². The molecule has 0 aliphatic heterocycles. The van der Waals surface area contributed by atoms with Gasteiger partial charge in [-0.1, -0.05) is 62.0 Å². The van der Waals surface area contributed by atoms with Gasteiger partial charge in [0, 0.05) is 13.0 Å². The minimum Gasteiger partial charge on any atom is -0.396 e. The zero-order valence-corrected chi connectivity index (χ0v) is 11.2. The van der Waals surface area contributed by atoms with Crippen LogP contribution in [-0.2, 0) is 0 Å². The van der Waals surface area contributed by atoms with Crippen LogP contribution in [0.4, 0.5) is 0 Å². The maximum absolute atomic E-state index is 8.53. The lowest BCUT2D eigenvalue weighted by Crippen LogP contribution is -1.77. The van der Waals surface area contributed by atoms with Crippen LogP contribution >= 0.6 is 0 Å². The summed E-state index contributed by atoms with van der Waals surface area (Å²) in [6, 6.07) is 0. The first-order valence-corrected chi connectivity index (χ1v) is 6.49. The first-order chi connectivity index (χ1) is 8.91. The van der Waals surface area contributed by atoms with Crippen molar-refractivity contribution in [3.05, 3.63) is 36.5 Å². The third-order valence-electron chi connectivity index (χ3n) is 2.06. The quantitative estimate of drug-likeness (QED) is 0.410. The van der Waals surface area contributed by atoms with Crippen LogP contribution < -0.4 is 0 Å². The second-order valence-electron chi connectivity index (χ2n) is 3.71. The summed E-state index contributed by atoms with van der Waals surface area (Å²) >= 11 is 0. The van der Waals surface area contributed by atoms with Crippen LogP contribution in [0.25, 0.3) is 0 Å². The van der Waals surface area contributed by atoms with E-state index in [-0.39, 0.29) is 6.61 Å². The summed E-state index contributed by atoms with van der Waals surface area (Å²) in [5.74, 6) is 11.2. The lowest BCUT2D eigenvalue weighted by Gasteiger charge is -1.84. The summed E-state index contributed by atoms with van der Waals surface area (Å²) in [6.45, 7) is 2.39. The van der Waals surface area contributed by atoms with Gasteiger partial charge >= 0.3 is 0 Å². The van der Waals surface area contributed by atoms with Crippen molar-refractivity contribution >= 4 is 0 Å². The Morgan fingerprint density at radius 2 is 1.83 bits per heavy atom. The van der Waals surface area contributed by atoms with Gasteiger partial charge in [-0.15, -0.1) is 0 Å². The predicted molar refractivity (Wildman–Crippen MR) is 78.8 cm³/mol. The summed E-state index contributed by atoms with van der Waals surface area (Å²) in [6.07, 6.45) is 16.9. The standard InChI is InChI=1S/C17H22O/c1-2-3-4-5-6-7-8-9-10-11-12-13-14-15-16-17-18/h5-10,18H,2-4,15-17H2,1H3. The zero-order chi connectivity index (χ0) is 13.3. The molecule has 0 saturated heterocycles. The van der Waals surface area contributed by atoms with E-state index in [0.29, 0.717) is 6.42 Å². The molecule has 0 saturated carbocycles. The van der Waals surface area contributed by atoms with Gasteiger partial charge < -0.3 is 5.11 Å². The zero-order valence-electron chi connectivity index (χ0n) is 11.2. The van der Waals surface area contributed by atoms with E-state index >= 15 is 0 Å². The van der Waals surface area contributed by atoms with Crippen molar-refractivity contribution in [1.82, 2.24) is 0 Å². The Bertz CT molecular complexity index is 377. The highest BCUT2D eigenvalue weighted by Crippen LogP contribution is 1.94. The Labute approximate surface area is 111 Å². The molecule has 0 heterocycles. The van der Waals surface area contributed by atoms with Gasteiger partial charge in [-0.2, -0.15) is 0 Å². The molecule has 0 amide bonds. The van der Waals surface area contributed by atoms with Crippen LogP contribution in [-0.4, -0.2) is 11.7 Å².